The lowest BCUT2D eigenvalue weighted by Crippen LogP contribution is -2.04. The average Bonchev–Trinajstić information content (AvgIpc) is 2.46. The van der Waals surface area contributed by atoms with Gasteiger partial charge < -0.3 is 4.42 Å². The predicted molar refractivity (Wildman–Crippen MR) is 82.3 cm³/mol. The van der Waals surface area contributed by atoms with E-state index in [0.29, 0.717) is 15.4 Å². The van der Waals surface area contributed by atoms with E-state index in [2.05, 4.69) is 15.9 Å². The fraction of sp³-hybridized carbons (Fsp3) is 0. The van der Waals surface area contributed by atoms with Crippen molar-refractivity contribution in [1.29, 1.82) is 0 Å². The first-order chi connectivity index (χ1) is 10.1. The molecule has 0 saturated carbocycles. The second kappa shape index (κ2) is 5.14. The number of hydrogen-bond donors (Lipinski definition) is 0. The molecule has 6 heteroatoms. The van der Waals surface area contributed by atoms with E-state index >= 15 is 0 Å². The first-order valence-corrected chi connectivity index (χ1v) is 6.83. The zero-order chi connectivity index (χ0) is 15.0. The van der Waals surface area contributed by atoms with Crippen molar-refractivity contribution in [3.8, 4) is 11.1 Å². The van der Waals surface area contributed by atoms with E-state index in [-0.39, 0.29) is 16.8 Å². The molecule has 3 aromatic rings. The standard InChI is InChI=1S/C15H8BrNO4/c16-10-5-6-11(13(8-10)17(19)20)12-7-9-3-1-2-4-14(9)21-15(12)18/h1-8H. The molecule has 21 heavy (non-hydrogen) atoms. The summed E-state index contributed by atoms with van der Waals surface area (Å²) in [7, 11) is 0. The van der Waals surface area contributed by atoms with E-state index in [1.165, 1.54) is 12.1 Å². The van der Waals surface area contributed by atoms with Crippen LogP contribution in [0.5, 0.6) is 0 Å². The van der Waals surface area contributed by atoms with Gasteiger partial charge in [-0.3, -0.25) is 10.1 Å². The van der Waals surface area contributed by atoms with Crippen molar-refractivity contribution >= 4 is 32.6 Å². The molecule has 5 nitrogen and oxygen atoms in total. The Morgan fingerprint density at radius 3 is 2.57 bits per heavy atom. The normalized spacial score (nSPS) is 10.7. The number of fused-ring (bicyclic) bond motifs is 1. The Hall–Kier alpha value is -2.47. The molecule has 0 N–H and O–H groups in total. The van der Waals surface area contributed by atoms with E-state index in [1.807, 2.05) is 6.07 Å². The second-order valence-corrected chi connectivity index (χ2v) is 5.32. The predicted octanol–water partition coefficient (Wildman–Crippen LogP) is 4.13. The molecule has 0 bridgehead atoms. The summed E-state index contributed by atoms with van der Waals surface area (Å²) in [6.45, 7) is 0. The van der Waals surface area contributed by atoms with Crippen LogP contribution < -0.4 is 5.63 Å². The van der Waals surface area contributed by atoms with Crippen molar-refractivity contribution in [2.45, 2.75) is 0 Å². The van der Waals surface area contributed by atoms with Gasteiger partial charge in [0.05, 0.1) is 16.1 Å². The van der Waals surface area contributed by atoms with Crippen LogP contribution in [-0.2, 0) is 0 Å². The lowest BCUT2D eigenvalue weighted by atomic mass is 10.0. The highest BCUT2D eigenvalue weighted by molar-refractivity contribution is 9.10. The smallest absolute Gasteiger partial charge is 0.344 e. The molecule has 1 heterocycles. The maximum Gasteiger partial charge on any atom is 0.344 e. The summed E-state index contributed by atoms with van der Waals surface area (Å²) >= 11 is 3.19. The summed E-state index contributed by atoms with van der Waals surface area (Å²) in [6, 6.07) is 13.2. The minimum absolute atomic E-state index is 0.146. The van der Waals surface area contributed by atoms with Gasteiger partial charge in [0.25, 0.3) is 5.69 Å². The molecule has 104 valence electrons. The van der Waals surface area contributed by atoms with Gasteiger partial charge in [0, 0.05) is 15.9 Å². The lowest BCUT2D eigenvalue weighted by molar-refractivity contribution is -0.384. The van der Waals surface area contributed by atoms with Gasteiger partial charge >= 0.3 is 5.63 Å². The third-order valence-corrected chi connectivity index (χ3v) is 3.58. The van der Waals surface area contributed by atoms with Crippen LogP contribution in [-0.4, -0.2) is 4.92 Å². The fourth-order valence-electron chi connectivity index (χ4n) is 2.13. The number of nitrogens with zero attached hydrogens (tertiary/aromatic N) is 1. The molecular formula is C15H8BrNO4. The van der Waals surface area contributed by atoms with Gasteiger partial charge in [-0.2, -0.15) is 0 Å². The van der Waals surface area contributed by atoms with Crippen molar-refractivity contribution in [3.63, 3.8) is 0 Å². The Balaban J connectivity index is 2.33. The summed E-state index contributed by atoms with van der Waals surface area (Å²) in [5.74, 6) is 0. The van der Waals surface area contributed by atoms with E-state index < -0.39 is 10.5 Å². The number of hydrogen-bond acceptors (Lipinski definition) is 4. The minimum atomic E-state index is -0.598. The van der Waals surface area contributed by atoms with Gasteiger partial charge in [0.2, 0.25) is 0 Å². The SMILES string of the molecule is O=c1oc2ccccc2cc1-c1ccc(Br)cc1[N+](=O)[O-]. The molecule has 0 saturated heterocycles. The maximum absolute atomic E-state index is 12.1. The van der Waals surface area contributed by atoms with E-state index in [4.69, 9.17) is 4.42 Å². The van der Waals surface area contributed by atoms with Crippen LogP contribution in [0.25, 0.3) is 22.1 Å². The van der Waals surface area contributed by atoms with Gasteiger partial charge in [-0.15, -0.1) is 0 Å². The minimum Gasteiger partial charge on any atom is -0.422 e. The summed E-state index contributed by atoms with van der Waals surface area (Å²) in [4.78, 5) is 22.7. The highest BCUT2D eigenvalue weighted by atomic mass is 79.9. The van der Waals surface area contributed by atoms with Gasteiger partial charge in [0.1, 0.15) is 5.58 Å². The molecular weight excluding hydrogens is 338 g/mol. The number of nitro benzene ring substituents is 1. The first-order valence-electron chi connectivity index (χ1n) is 6.03. The molecule has 0 amide bonds. The van der Waals surface area contributed by atoms with Crippen molar-refractivity contribution in [3.05, 3.63) is 73.5 Å². The molecule has 1 aromatic heterocycles. The Bertz CT molecular complexity index is 917. The Labute approximate surface area is 127 Å². The van der Waals surface area contributed by atoms with E-state index in [9.17, 15) is 14.9 Å². The molecule has 0 fully saturated rings. The number of nitro groups is 1. The third-order valence-electron chi connectivity index (χ3n) is 3.09. The summed E-state index contributed by atoms with van der Waals surface area (Å²) in [5.41, 5.74) is 0.118. The highest BCUT2D eigenvalue weighted by Gasteiger charge is 2.19. The Kier molecular flexibility index (Phi) is 3.31. The largest absolute Gasteiger partial charge is 0.422 e. The van der Waals surface area contributed by atoms with Gasteiger partial charge in [-0.1, -0.05) is 34.1 Å². The molecule has 0 atom stereocenters. The van der Waals surface area contributed by atoms with E-state index in [1.54, 1.807) is 30.3 Å². The quantitative estimate of drug-likeness (QED) is 0.397. The highest BCUT2D eigenvalue weighted by Crippen LogP contribution is 2.31. The third kappa shape index (κ3) is 2.45. The Morgan fingerprint density at radius 2 is 1.81 bits per heavy atom. The van der Waals surface area contributed by atoms with Crippen molar-refractivity contribution in [2.24, 2.45) is 0 Å². The number of benzene rings is 2. The van der Waals surface area contributed by atoms with Gasteiger partial charge in [-0.25, -0.2) is 4.79 Å². The van der Waals surface area contributed by atoms with Crippen LogP contribution in [0, 0.1) is 10.1 Å². The van der Waals surface area contributed by atoms with Gasteiger partial charge in [0.15, 0.2) is 0 Å². The van der Waals surface area contributed by atoms with Crippen LogP contribution in [0.2, 0.25) is 0 Å². The molecule has 2 aromatic carbocycles. The first kappa shape index (κ1) is 13.5. The molecule has 3 rings (SSSR count). The second-order valence-electron chi connectivity index (χ2n) is 4.40. The van der Waals surface area contributed by atoms with Crippen molar-refractivity contribution in [1.82, 2.24) is 0 Å². The number of para-hydroxylation sites is 1. The number of halogens is 1. The van der Waals surface area contributed by atoms with Crippen molar-refractivity contribution in [2.75, 3.05) is 0 Å². The van der Waals surface area contributed by atoms with Crippen LogP contribution in [0.15, 0.2) is 62.2 Å². The molecule has 0 aliphatic heterocycles. The molecule has 0 aliphatic rings. The zero-order valence-corrected chi connectivity index (χ0v) is 12.2. The van der Waals surface area contributed by atoms with Crippen LogP contribution in [0.1, 0.15) is 0 Å². The summed E-state index contributed by atoms with van der Waals surface area (Å²) < 4.78 is 5.79. The van der Waals surface area contributed by atoms with Crippen molar-refractivity contribution < 1.29 is 9.34 Å². The van der Waals surface area contributed by atoms with Crippen LogP contribution in [0.3, 0.4) is 0 Å². The summed E-state index contributed by atoms with van der Waals surface area (Å²) in [5, 5.41) is 11.9. The van der Waals surface area contributed by atoms with Gasteiger partial charge in [-0.05, 0) is 24.3 Å². The fourth-order valence-corrected chi connectivity index (χ4v) is 2.48. The number of rotatable bonds is 2. The summed E-state index contributed by atoms with van der Waals surface area (Å²) in [6.07, 6.45) is 0. The molecule has 0 unspecified atom stereocenters. The lowest BCUT2D eigenvalue weighted by Gasteiger charge is -2.04. The average molecular weight is 346 g/mol. The van der Waals surface area contributed by atoms with Crippen LogP contribution >= 0.6 is 15.9 Å². The maximum atomic E-state index is 12.1. The Morgan fingerprint density at radius 1 is 1.05 bits per heavy atom. The zero-order valence-electron chi connectivity index (χ0n) is 10.6. The molecule has 0 spiro atoms. The molecule has 0 radical (unpaired) electrons. The molecule has 0 aliphatic carbocycles. The topological polar surface area (TPSA) is 73.3 Å². The van der Waals surface area contributed by atoms with Crippen LogP contribution in [0.4, 0.5) is 5.69 Å². The van der Waals surface area contributed by atoms with E-state index in [0.717, 1.165) is 0 Å². The monoisotopic (exact) mass is 345 g/mol.